The molecule has 3 aliphatic rings. The molecule has 3 aromatic carbocycles. The standard InChI is InChI=1S/C54H56ClN9O8S2/c1-26(2)47(53(70)63-23-37(66)21-42(63)51(68)57-28(4)31-7-9-33(10-8-31)49-41(24-65)56-25-73-49)60-52(69)44-18-34-17-38(15-16-43(34)72-44)71-39-19-36(20-39)58-45(67)22-40-50-62-61-30(6)64(50)54-46(27(3)29(5)74-54)48(59-40)32-11-13-35(55)14-12-32/h7-18,25-26,28,36-37,39-40,42,47,65-66H,19-24H2,1-6H3,(H,57,68)(H,58,67)(H,60,69)/t28-,36-,37+,39+,40-,42-,47?/m0/s1. The zero-order valence-electron chi connectivity index (χ0n) is 41.6. The van der Waals surface area contributed by atoms with Crippen LogP contribution in [0.1, 0.15) is 114 Å². The van der Waals surface area contributed by atoms with Gasteiger partial charge in [0.1, 0.15) is 46.4 Å². The lowest BCUT2D eigenvalue weighted by atomic mass is 9.89. The molecule has 20 heteroatoms. The van der Waals surface area contributed by atoms with Gasteiger partial charge in [0.15, 0.2) is 11.6 Å². The monoisotopic (exact) mass is 1060 g/mol. The summed E-state index contributed by atoms with van der Waals surface area (Å²) in [5.41, 5.74) is 8.25. The molecule has 5 atom stereocenters. The van der Waals surface area contributed by atoms with Crippen molar-refractivity contribution in [2.45, 2.75) is 116 Å². The predicted molar refractivity (Wildman–Crippen MR) is 282 cm³/mol. The molecule has 0 bridgehead atoms. The third kappa shape index (κ3) is 10.1. The number of hydrogen-bond donors (Lipinski definition) is 5. The minimum absolute atomic E-state index is 0.00639. The summed E-state index contributed by atoms with van der Waals surface area (Å²) in [6.07, 6.45) is 0.216. The number of aliphatic hydroxyl groups excluding tert-OH is 2. The van der Waals surface area contributed by atoms with Crippen LogP contribution in [-0.2, 0) is 21.0 Å². The molecule has 10 rings (SSSR count). The van der Waals surface area contributed by atoms with Crippen molar-refractivity contribution in [3.63, 3.8) is 0 Å². The van der Waals surface area contributed by atoms with E-state index in [9.17, 15) is 29.4 Å². The van der Waals surface area contributed by atoms with E-state index in [4.69, 9.17) is 25.7 Å². The van der Waals surface area contributed by atoms with E-state index in [1.807, 2.05) is 66.9 Å². The third-order valence-electron chi connectivity index (χ3n) is 14.1. The summed E-state index contributed by atoms with van der Waals surface area (Å²) in [5.74, 6) is -0.156. The number of likely N-dealkylation sites (tertiary alicyclic amines) is 1. The molecule has 1 saturated carbocycles. The molecule has 4 aromatic heterocycles. The van der Waals surface area contributed by atoms with Gasteiger partial charge in [-0.25, -0.2) is 4.98 Å². The van der Waals surface area contributed by atoms with Crippen LogP contribution >= 0.6 is 34.3 Å². The molecule has 1 aliphatic carbocycles. The highest BCUT2D eigenvalue weighted by Crippen LogP contribution is 2.40. The number of aryl methyl sites for hydroxylation is 2. The first-order chi connectivity index (χ1) is 35.5. The minimum Gasteiger partial charge on any atom is -0.490 e. The van der Waals surface area contributed by atoms with E-state index in [1.165, 1.54) is 16.2 Å². The molecule has 2 fully saturated rings. The lowest BCUT2D eigenvalue weighted by Crippen LogP contribution is -2.55. The SMILES string of the molecule is Cc1sc2c(c1C)C(c1ccc(Cl)cc1)=N[C@@H](CC(=O)N[C@H]1C[C@@H](Oc3ccc4oc(C(=O)NC(C(=O)N5C[C@H](O)C[C@H]5C(=O)N[C@@H](C)c5ccc(-c6scnc6CO)cc5)C(C)C)cc4c3)C1)c1nnc(C)n1-2. The van der Waals surface area contributed by atoms with Crippen molar-refractivity contribution in [1.29, 1.82) is 0 Å². The number of aliphatic hydroxyl groups is 2. The van der Waals surface area contributed by atoms with Gasteiger partial charge in [-0.15, -0.1) is 32.9 Å². The zero-order chi connectivity index (χ0) is 52.1. The smallest absolute Gasteiger partial charge is 0.287 e. The number of amides is 4. The van der Waals surface area contributed by atoms with Crippen molar-refractivity contribution in [1.82, 2.24) is 40.6 Å². The fraction of sp³-hybridized carbons (Fsp3) is 0.370. The maximum Gasteiger partial charge on any atom is 0.287 e. The quantitative estimate of drug-likeness (QED) is 0.0664. The van der Waals surface area contributed by atoms with Gasteiger partial charge in [-0.1, -0.05) is 61.8 Å². The highest BCUT2D eigenvalue weighted by molar-refractivity contribution is 7.15. The van der Waals surface area contributed by atoms with Gasteiger partial charge < -0.3 is 40.2 Å². The Morgan fingerprint density at radius 2 is 1.68 bits per heavy atom. The van der Waals surface area contributed by atoms with Crippen molar-refractivity contribution < 1.29 is 38.5 Å². The average molecular weight is 1060 g/mol. The van der Waals surface area contributed by atoms with Crippen LogP contribution in [0.25, 0.3) is 26.4 Å². The van der Waals surface area contributed by atoms with Crippen LogP contribution in [0.15, 0.2) is 87.7 Å². The van der Waals surface area contributed by atoms with Crippen LogP contribution in [-0.4, -0.2) is 101 Å². The zero-order valence-corrected chi connectivity index (χ0v) is 44.0. The summed E-state index contributed by atoms with van der Waals surface area (Å²) >= 11 is 9.36. The number of hydrogen-bond acceptors (Lipinski definition) is 14. The van der Waals surface area contributed by atoms with E-state index in [0.29, 0.717) is 46.1 Å². The number of aliphatic imine (C=N–C) groups is 1. The van der Waals surface area contributed by atoms with Gasteiger partial charge in [0.25, 0.3) is 5.91 Å². The van der Waals surface area contributed by atoms with Gasteiger partial charge in [0, 0.05) is 58.3 Å². The number of carbonyl (C=O) groups is 4. The summed E-state index contributed by atoms with van der Waals surface area (Å²) in [6.45, 7) is 11.3. The number of halogens is 1. The van der Waals surface area contributed by atoms with Crippen LogP contribution in [0.3, 0.4) is 0 Å². The van der Waals surface area contributed by atoms with Crippen molar-refractivity contribution in [3.8, 4) is 21.2 Å². The van der Waals surface area contributed by atoms with Crippen molar-refractivity contribution in [2.75, 3.05) is 6.54 Å². The lowest BCUT2D eigenvalue weighted by Gasteiger charge is -2.36. The molecule has 384 valence electrons. The first-order valence-electron chi connectivity index (χ1n) is 24.6. The molecule has 1 unspecified atom stereocenters. The number of rotatable bonds is 15. The normalized spacial score (nSPS) is 20.0. The minimum atomic E-state index is -1.03. The number of ether oxygens (including phenoxy) is 1. The molecular weight excluding hydrogens is 1000 g/mol. The molecule has 0 radical (unpaired) electrons. The van der Waals surface area contributed by atoms with Gasteiger partial charge in [-0.2, -0.15) is 0 Å². The molecule has 6 heterocycles. The molecule has 2 aliphatic heterocycles. The Hall–Kier alpha value is -6.77. The van der Waals surface area contributed by atoms with Crippen molar-refractivity contribution in [2.24, 2.45) is 10.9 Å². The van der Waals surface area contributed by atoms with E-state index in [2.05, 4.69) is 45.0 Å². The number of fused-ring (bicyclic) bond motifs is 4. The number of furan rings is 1. The maximum atomic E-state index is 14.2. The molecule has 4 amide bonds. The Balaban J connectivity index is 0.743. The third-order valence-corrected chi connectivity index (χ3v) is 16.5. The lowest BCUT2D eigenvalue weighted by molar-refractivity contribution is -0.141. The Morgan fingerprint density at radius 1 is 0.932 bits per heavy atom. The number of thiophene rings is 1. The highest BCUT2D eigenvalue weighted by Gasteiger charge is 2.43. The number of nitrogens with one attached hydrogen (secondary N) is 3. The molecule has 0 spiro atoms. The van der Waals surface area contributed by atoms with Gasteiger partial charge in [-0.3, -0.25) is 28.7 Å². The second-order valence-corrected chi connectivity index (χ2v) is 22.1. The largest absolute Gasteiger partial charge is 0.490 e. The average Bonchev–Trinajstić information content (AvgIpc) is 4.22. The fourth-order valence-corrected chi connectivity index (χ4v) is 12.1. The van der Waals surface area contributed by atoms with E-state index < -0.39 is 48.0 Å². The van der Waals surface area contributed by atoms with Crippen LogP contribution in [0.5, 0.6) is 5.75 Å². The topological polar surface area (TPSA) is 226 Å². The van der Waals surface area contributed by atoms with Crippen LogP contribution in [0.2, 0.25) is 5.02 Å². The van der Waals surface area contributed by atoms with Crippen LogP contribution < -0.4 is 20.7 Å². The number of nitrogens with zero attached hydrogens (tertiary/aromatic N) is 6. The van der Waals surface area contributed by atoms with Gasteiger partial charge >= 0.3 is 0 Å². The summed E-state index contributed by atoms with van der Waals surface area (Å²) in [7, 11) is 0. The number of benzene rings is 3. The summed E-state index contributed by atoms with van der Waals surface area (Å²) < 4.78 is 14.3. The Bertz CT molecular complexity index is 3300. The summed E-state index contributed by atoms with van der Waals surface area (Å²) in [5, 5.41) is 40.5. The Labute approximate surface area is 440 Å². The molecule has 17 nitrogen and oxygen atoms in total. The van der Waals surface area contributed by atoms with Gasteiger partial charge in [-0.05, 0) is 86.7 Å². The Morgan fingerprint density at radius 3 is 2.41 bits per heavy atom. The predicted octanol–water partition coefficient (Wildman–Crippen LogP) is 7.87. The number of carbonyl (C=O) groups excluding carboxylic acids is 4. The number of β-amino-alcohol motifs (C(OH)–C–C–N with tert-alkyl or cyclic N) is 1. The number of aromatic nitrogens is 4. The van der Waals surface area contributed by atoms with Gasteiger partial charge in [0.05, 0.1) is 47.0 Å². The van der Waals surface area contributed by atoms with Crippen molar-refractivity contribution in [3.05, 3.63) is 134 Å². The van der Waals surface area contributed by atoms with Crippen molar-refractivity contribution >= 4 is 74.6 Å². The first-order valence-corrected chi connectivity index (χ1v) is 26.7. The maximum absolute atomic E-state index is 14.2. The molecule has 5 N–H and O–H groups in total. The fourth-order valence-electron chi connectivity index (χ4n) is 9.92. The van der Waals surface area contributed by atoms with E-state index in [-0.39, 0.29) is 55.7 Å². The highest BCUT2D eigenvalue weighted by atomic mass is 35.5. The van der Waals surface area contributed by atoms with E-state index in [1.54, 1.807) is 55.0 Å². The van der Waals surface area contributed by atoms with Crippen LogP contribution in [0, 0.1) is 26.7 Å². The van der Waals surface area contributed by atoms with Gasteiger partial charge in [0.2, 0.25) is 17.7 Å². The molecule has 74 heavy (non-hydrogen) atoms. The summed E-state index contributed by atoms with van der Waals surface area (Å²) in [6, 6.07) is 18.9. The molecule has 7 aromatic rings. The molecular formula is C54H56ClN9O8S2. The summed E-state index contributed by atoms with van der Waals surface area (Å²) in [4.78, 5) is 68.2. The second kappa shape index (κ2) is 20.9. The first kappa shape index (κ1) is 50.7. The second-order valence-electron chi connectivity index (χ2n) is 19.6. The molecule has 1 saturated heterocycles. The van der Waals surface area contributed by atoms with Crippen LogP contribution in [0.4, 0.5) is 0 Å². The number of thiazole rings is 1. The Kier molecular flexibility index (Phi) is 14.3. The van der Waals surface area contributed by atoms with E-state index >= 15 is 0 Å². The van der Waals surface area contributed by atoms with E-state index in [0.717, 1.165) is 54.1 Å².